The number of aryl methyl sites for hydroxylation is 1. The van der Waals surface area contributed by atoms with E-state index in [9.17, 15) is 4.79 Å². The Balaban J connectivity index is 2.58. The summed E-state index contributed by atoms with van der Waals surface area (Å²) < 4.78 is 0. The summed E-state index contributed by atoms with van der Waals surface area (Å²) in [6.07, 6.45) is 0. The van der Waals surface area contributed by atoms with Gasteiger partial charge in [0.2, 0.25) is 0 Å². The predicted molar refractivity (Wildman–Crippen MR) is 55.0 cm³/mol. The predicted octanol–water partition coefficient (Wildman–Crippen LogP) is 1.13. The van der Waals surface area contributed by atoms with E-state index in [0.717, 1.165) is 9.75 Å². The Labute approximate surface area is 81.9 Å². The van der Waals surface area contributed by atoms with Crippen molar-refractivity contribution in [2.24, 2.45) is 5.73 Å². The van der Waals surface area contributed by atoms with Gasteiger partial charge in [0, 0.05) is 17.5 Å². The molecule has 0 bridgehead atoms. The Morgan fingerprint density at radius 2 is 2.38 bits per heavy atom. The van der Waals surface area contributed by atoms with Crippen LogP contribution >= 0.6 is 11.3 Å². The van der Waals surface area contributed by atoms with Crippen LogP contribution < -0.4 is 11.1 Å². The second-order valence-corrected chi connectivity index (χ2v) is 4.31. The van der Waals surface area contributed by atoms with Crippen molar-refractivity contribution in [3.8, 4) is 0 Å². The van der Waals surface area contributed by atoms with Gasteiger partial charge in [-0.15, -0.1) is 11.3 Å². The molecule has 3 nitrogen and oxygen atoms in total. The van der Waals surface area contributed by atoms with Crippen molar-refractivity contribution in [2.45, 2.75) is 19.9 Å². The lowest BCUT2D eigenvalue weighted by atomic mass is 10.3. The van der Waals surface area contributed by atoms with E-state index in [-0.39, 0.29) is 11.9 Å². The van der Waals surface area contributed by atoms with Gasteiger partial charge in [-0.3, -0.25) is 4.79 Å². The van der Waals surface area contributed by atoms with E-state index in [4.69, 9.17) is 5.73 Å². The lowest BCUT2D eigenvalue weighted by molar-refractivity contribution is 0.0945. The van der Waals surface area contributed by atoms with Gasteiger partial charge >= 0.3 is 0 Å². The van der Waals surface area contributed by atoms with Crippen molar-refractivity contribution in [3.63, 3.8) is 0 Å². The maximum atomic E-state index is 11.5. The first-order valence-corrected chi connectivity index (χ1v) is 5.02. The Morgan fingerprint density at radius 3 is 2.85 bits per heavy atom. The van der Waals surface area contributed by atoms with Gasteiger partial charge in [0.1, 0.15) is 0 Å². The van der Waals surface area contributed by atoms with Gasteiger partial charge in [-0.05, 0) is 26.0 Å². The number of rotatable bonds is 3. The van der Waals surface area contributed by atoms with Crippen molar-refractivity contribution in [1.82, 2.24) is 5.32 Å². The molecule has 1 atom stereocenters. The summed E-state index contributed by atoms with van der Waals surface area (Å²) in [6.45, 7) is 4.34. The summed E-state index contributed by atoms with van der Waals surface area (Å²) in [7, 11) is 0. The molecule has 1 aromatic heterocycles. The Hall–Kier alpha value is -0.870. The second-order valence-electron chi connectivity index (χ2n) is 3.02. The van der Waals surface area contributed by atoms with Crippen LogP contribution in [0.1, 0.15) is 21.5 Å². The van der Waals surface area contributed by atoms with Gasteiger partial charge in [0.15, 0.2) is 0 Å². The van der Waals surface area contributed by atoms with Gasteiger partial charge in [0.05, 0.1) is 4.88 Å². The molecule has 1 aromatic rings. The minimum absolute atomic E-state index is 0.0314. The first-order valence-electron chi connectivity index (χ1n) is 4.21. The molecule has 1 amide bonds. The monoisotopic (exact) mass is 198 g/mol. The van der Waals surface area contributed by atoms with Crippen LogP contribution in [-0.2, 0) is 0 Å². The highest BCUT2D eigenvalue weighted by molar-refractivity contribution is 7.13. The fourth-order valence-electron chi connectivity index (χ4n) is 0.910. The van der Waals surface area contributed by atoms with Crippen LogP contribution in [0.5, 0.6) is 0 Å². The Bertz CT molecular complexity index is 296. The minimum Gasteiger partial charge on any atom is -0.348 e. The fraction of sp³-hybridized carbons (Fsp3) is 0.444. The third-order valence-electron chi connectivity index (χ3n) is 1.70. The van der Waals surface area contributed by atoms with Gasteiger partial charge < -0.3 is 11.1 Å². The molecule has 4 heteroatoms. The summed E-state index contributed by atoms with van der Waals surface area (Å²) in [5, 5.41) is 2.81. The van der Waals surface area contributed by atoms with E-state index in [1.807, 2.05) is 26.0 Å². The molecule has 0 aliphatic heterocycles. The van der Waals surface area contributed by atoms with E-state index >= 15 is 0 Å². The van der Waals surface area contributed by atoms with E-state index in [1.54, 1.807) is 0 Å². The van der Waals surface area contributed by atoms with Crippen LogP contribution in [0.3, 0.4) is 0 Å². The van der Waals surface area contributed by atoms with E-state index in [0.29, 0.717) is 6.54 Å². The molecule has 0 spiro atoms. The summed E-state index contributed by atoms with van der Waals surface area (Å²) in [5.74, 6) is -0.0314. The molecule has 72 valence electrons. The highest BCUT2D eigenvalue weighted by atomic mass is 32.1. The maximum absolute atomic E-state index is 11.5. The average molecular weight is 198 g/mol. The normalized spacial score (nSPS) is 12.5. The standard InChI is InChI=1S/C9H14N2OS/c1-6(5-10)11-9(12)8-4-3-7(2)13-8/h3-4,6H,5,10H2,1-2H3,(H,11,12)/t6-/m1/s1. The van der Waals surface area contributed by atoms with E-state index in [2.05, 4.69) is 5.32 Å². The molecule has 0 aliphatic rings. The number of hydrogen-bond donors (Lipinski definition) is 2. The van der Waals surface area contributed by atoms with Gasteiger partial charge in [-0.2, -0.15) is 0 Å². The summed E-state index contributed by atoms with van der Waals surface area (Å²) in [5.41, 5.74) is 5.39. The minimum atomic E-state index is -0.0314. The highest BCUT2D eigenvalue weighted by Gasteiger charge is 2.09. The van der Waals surface area contributed by atoms with Crippen molar-refractivity contribution >= 4 is 17.2 Å². The summed E-state index contributed by atoms with van der Waals surface area (Å²) >= 11 is 1.50. The van der Waals surface area contributed by atoms with Crippen LogP contribution in [0.15, 0.2) is 12.1 Å². The third kappa shape index (κ3) is 2.82. The topological polar surface area (TPSA) is 55.1 Å². The Kier molecular flexibility index (Phi) is 3.45. The zero-order chi connectivity index (χ0) is 9.84. The van der Waals surface area contributed by atoms with Crippen LogP contribution in [0.4, 0.5) is 0 Å². The van der Waals surface area contributed by atoms with E-state index < -0.39 is 0 Å². The van der Waals surface area contributed by atoms with Gasteiger partial charge in [0.25, 0.3) is 5.91 Å². The smallest absolute Gasteiger partial charge is 0.261 e. The van der Waals surface area contributed by atoms with Gasteiger partial charge in [-0.25, -0.2) is 0 Å². The number of amides is 1. The molecular formula is C9H14N2OS. The second kappa shape index (κ2) is 4.39. The molecule has 1 rings (SSSR count). The SMILES string of the molecule is Cc1ccc(C(=O)N[C@H](C)CN)s1. The van der Waals surface area contributed by atoms with Crippen LogP contribution in [0, 0.1) is 6.92 Å². The van der Waals surface area contributed by atoms with E-state index in [1.165, 1.54) is 11.3 Å². The van der Waals surface area contributed by atoms with Crippen molar-refractivity contribution in [3.05, 3.63) is 21.9 Å². The number of thiophene rings is 1. The lowest BCUT2D eigenvalue weighted by Gasteiger charge is -2.09. The summed E-state index contributed by atoms with van der Waals surface area (Å²) in [4.78, 5) is 13.4. The first kappa shape index (κ1) is 10.2. The third-order valence-corrected chi connectivity index (χ3v) is 2.69. The molecule has 0 saturated carbocycles. The number of hydrogen-bond acceptors (Lipinski definition) is 3. The number of carbonyl (C=O) groups is 1. The zero-order valence-corrected chi connectivity index (χ0v) is 8.65. The average Bonchev–Trinajstić information content (AvgIpc) is 2.51. The van der Waals surface area contributed by atoms with Crippen LogP contribution in [0.2, 0.25) is 0 Å². The first-order chi connectivity index (χ1) is 6.13. The quantitative estimate of drug-likeness (QED) is 0.765. The number of nitrogens with two attached hydrogens (primary N) is 1. The lowest BCUT2D eigenvalue weighted by Crippen LogP contribution is -2.37. The molecule has 13 heavy (non-hydrogen) atoms. The molecule has 0 aliphatic carbocycles. The zero-order valence-electron chi connectivity index (χ0n) is 7.83. The molecule has 1 heterocycles. The largest absolute Gasteiger partial charge is 0.348 e. The molecule has 0 saturated heterocycles. The maximum Gasteiger partial charge on any atom is 0.261 e. The highest BCUT2D eigenvalue weighted by Crippen LogP contribution is 2.14. The van der Waals surface area contributed by atoms with Crippen molar-refractivity contribution < 1.29 is 4.79 Å². The molecule has 3 N–H and O–H groups in total. The number of carbonyl (C=O) groups excluding carboxylic acids is 1. The molecule has 0 radical (unpaired) electrons. The van der Waals surface area contributed by atoms with Crippen molar-refractivity contribution in [1.29, 1.82) is 0 Å². The van der Waals surface area contributed by atoms with Crippen LogP contribution in [-0.4, -0.2) is 18.5 Å². The molecule has 0 fully saturated rings. The van der Waals surface area contributed by atoms with Crippen LogP contribution in [0.25, 0.3) is 0 Å². The Morgan fingerprint density at radius 1 is 1.69 bits per heavy atom. The van der Waals surface area contributed by atoms with Gasteiger partial charge in [-0.1, -0.05) is 0 Å². The molecular weight excluding hydrogens is 184 g/mol. The van der Waals surface area contributed by atoms with Crippen molar-refractivity contribution in [2.75, 3.05) is 6.54 Å². The molecule has 0 unspecified atom stereocenters. The number of nitrogens with one attached hydrogen (secondary N) is 1. The fourth-order valence-corrected chi connectivity index (χ4v) is 1.68. The molecule has 0 aromatic carbocycles. The summed E-state index contributed by atoms with van der Waals surface area (Å²) in [6, 6.07) is 3.81.